The Morgan fingerprint density at radius 1 is 1.55 bits per heavy atom. The highest BCUT2D eigenvalue weighted by atomic mass is 35.5. The van der Waals surface area contributed by atoms with Crippen LogP contribution in [0.5, 0.6) is 5.75 Å². The Labute approximate surface area is 135 Å². The lowest BCUT2D eigenvalue weighted by atomic mass is 10.1. The molecule has 0 unspecified atom stereocenters. The molecule has 0 saturated heterocycles. The number of halogens is 1. The van der Waals surface area contributed by atoms with Gasteiger partial charge in [-0.15, -0.1) is 11.3 Å². The molecule has 22 heavy (non-hydrogen) atoms. The molecular weight excluding hydrogens is 326 g/mol. The molecule has 3 rings (SSSR count). The van der Waals surface area contributed by atoms with Crippen molar-refractivity contribution in [1.82, 2.24) is 4.98 Å². The van der Waals surface area contributed by atoms with Crippen LogP contribution >= 0.6 is 22.9 Å². The Morgan fingerprint density at radius 2 is 2.36 bits per heavy atom. The van der Waals surface area contributed by atoms with Gasteiger partial charge in [-0.3, -0.25) is 14.5 Å². The van der Waals surface area contributed by atoms with Crippen LogP contribution in [0, 0.1) is 0 Å². The van der Waals surface area contributed by atoms with Gasteiger partial charge in [0.2, 0.25) is 5.91 Å². The second-order valence-electron chi connectivity index (χ2n) is 4.67. The van der Waals surface area contributed by atoms with Gasteiger partial charge in [-0.25, -0.2) is 4.98 Å². The van der Waals surface area contributed by atoms with Crippen molar-refractivity contribution in [2.45, 2.75) is 13.0 Å². The molecule has 0 spiro atoms. The highest BCUT2D eigenvalue weighted by molar-refractivity contribution is 7.13. The van der Waals surface area contributed by atoms with E-state index in [9.17, 15) is 9.59 Å². The molecular formula is C14H12ClN3O3S. The molecule has 2 amide bonds. The lowest BCUT2D eigenvalue weighted by molar-refractivity contribution is -0.125. The lowest BCUT2D eigenvalue weighted by Gasteiger charge is -2.33. The Morgan fingerprint density at radius 3 is 3.09 bits per heavy atom. The normalized spacial score (nSPS) is 15.0. The summed E-state index contributed by atoms with van der Waals surface area (Å²) in [5.41, 5.74) is 0.491. The van der Waals surface area contributed by atoms with Crippen LogP contribution in [0.4, 0.5) is 10.8 Å². The second kappa shape index (κ2) is 5.94. The summed E-state index contributed by atoms with van der Waals surface area (Å²) in [6, 6.07) is 4.26. The van der Waals surface area contributed by atoms with E-state index in [0.29, 0.717) is 21.6 Å². The molecule has 0 radical (unpaired) electrons. The number of nitrogens with zero attached hydrogens (tertiary/aromatic N) is 2. The Balaban J connectivity index is 1.88. The number of nitrogens with one attached hydrogen (secondary N) is 1. The van der Waals surface area contributed by atoms with Crippen molar-refractivity contribution in [3.63, 3.8) is 0 Å². The number of anilines is 2. The average molecular weight is 338 g/mol. The molecule has 114 valence electrons. The average Bonchev–Trinajstić information content (AvgIpc) is 2.99. The number of ether oxygens (including phenoxy) is 1. The number of hydrogen-bond donors (Lipinski definition) is 1. The number of fused-ring (bicyclic) bond motifs is 1. The minimum Gasteiger partial charge on any atom is -0.482 e. The van der Waals surface area contributed by atoms with Gasteiger partial charge in [0.15, 0.2) is 11.7 Å². The molecule has 2 heterocycles. The standard InChI is InChI=1S/C14H12ClN3O3S/c1-8(13(20)17-14-16-4-5-22-14)18-10-6-9(15)2-3-11(10)21-7-12(18)19/h2-6,8H,7H2,1H3,(H,16,17,20)/t8-/m0/s1. The van der Waals surface area contributed by atoms with E-state index in [-0.39, 0.29) is 18.4 Å². The van der Waals surface area contributed by atoms with Crippen molar-refractivity contribution in [1.29, 1.82) is 0 Å². The minimum absolute atomic E-state index is 0.108. The first-order valence-electron chi connectivity index (χ1n) is 6.51. The van der Waals surface area contributed by atoms with Crippen molar-refractivity contribution in [2.24, 2.45) is 0 Å². The highest BCUT2D eigenvalue weighted by Gasteiger charge is 2.33. The molecule has 1 N–H and O–H groups in total. The number of carbonyl (C=O) groups excluding carboxylic acids is 2. The summed E-state index contributed by atoms with van der Waals surface area (Å²) in [6.45, 7) is 1.54. The molecule has 0 aliphatic carbocycles. The zero-order valence-corrected chi connectivity index (χ0v) is 13.1. The zero-order chi connectivity index (χ0) is 15.7. The van der Waals surface area contributed by atoms with Gasteiger partial charge in [-0.05, 0) is 25.1 Å². The predicted octanol–water partition coefficient (Wildman–Crippen LogP) is 2.55. The molecule has 1 aliphatic rings. The molecule has 1 aromatic carbocycles. The summed E-state index contributed by atoms with van der Waals surface area (Å²) in [7, 11) is 0. The van der Waals surface area contributed by atoms with Gasteiger partial charge in [-0.1, -0.05) is 11.6 Å². The SMILES string of the molecule is C[C@@H](C(=O)Nc1nccs1)N1C(=O)COc2ccc(Cl)cc21. The molecule has 1 aromatic heterocycles. The van der Waals surface area contributed by atoms with Gasteiger partial charge in [0.1, 0.15) is 11.8 Å². The van der Waals surface area contributed by atoms with Gasteiger partial charge in [-0.2, -0.15) is 0 Å². The maximum absolute atomic E-state index is 12.3. The first-order valence-corrected chi connectivity index (χ1v) is 7.77. The monoisotopic (exact) mass is 337 g/mol. The fourth-order valence-electron chi connectivity index (χ4n) is 2.18. The van der Waals surface area contributed by atoms with Crippen LogP contribution in [0.1, 0.15) is 6.92 Å². The van der Waals surface area contributed by atoms with Gasteiger partial charge in [0, 0.05) is 16.6 Å². The first-order chi connectivity index (χ1) is 10.6. The molecule has 1 atom stereocenters. The van der Waals surface area contributed by atoms with E-state index >= 15 is 0 Å². The molecule has 1 aliphatic heterocycles. The Hall–Kier alpha value is -2.12. The molecule has 0 saturated carbocycles. The van der Waals surface area contributed by atoms with Crippen molar-refractivity contribution in [3.8, 4) is 5.75 Å². The third kappa shape index (κ3) is 2.77. The fraction of sp³-hybridized carbons (Fsp3) is 0.214. The minimum atomic E-state index is -0.711. The number of thiazole rings is 1. The summed E-state index contributed by atoms with van der Waals surface area (Å²) in [6.07, 6.45) is 1.60. The summed E-state index contributed by atoms with van der Waals surface area (Å²) >= 11 is 7.30. The zero-order valence-electron chi connectivity index (χ0n) is 11.6. The number of hydrogen-bond acceptors (Lipinski definition) is 5. The van der Waals surface area contributed by atoms with E-state index in [1.807, 2.05) is 0 Å². The van der Waals surface area contributed by atoms with Crippen LogP contribution in [0.2, 0.25) is 5.02 Å². The molecule has 0 fully saturated rings. The Kier molecular flexibility index (Phi) is 4.00. The summed E-state index contributed by atoms with van der Waals surface area (Å²) in [4.78, 5) is 29.9. The van der Waals surface area contributed by atoms with Crippen LogP contribution in [-0.4, -0.2) is 29.4 Å². The van der Waals surface area contributed by atoms with E-state index in [4.69, 9.17) is 16.3 Å². The number of benzene rings is 1. The third-order valence-electron chi connectivity index (χ3n) is 3.23. The Bertz CT molecular complexity index is 720. The largest absolute Gasteiger partial charge is 0.482 e. The molecule has 6 nitrogen and oxygen atoms in total. The van der Waals surface area contributed by atoms with Gasteiger partial charge in [0.25, 0.3) is 5.91 Å². The first kappa shape index (κ1) is 14.8. The van der Waals surface area contributed by atoms with E-state index < -0.39 is 6.04 Å². The van der Waals surface area contributed by atoms with E-state index in [1.54, 1.807) is 36.7 Å². The summed E-state index contributed by atoms with van der Waals surface area (Å²) in [5, 5.41) is 5.40. The fourth-order valence-corrected chi connectivity index (χ4v) is 2.88. The number of aromatic nitrogens is 1. The maximum atomic E-state index is 12.3. The molecule has 2 aromatic rings. The van der Waals surface area contributed by atoms with Crippen LogP contribution in [0.3, 0.4) is 0 Å². The lowest BCUT2D eigenvalue weighted by Crippen LogP contribution is -2.49. The number of carbonyl (C=O) groups is 2. The van der Waals surface area contributed by atoms with Crippen molar-refractivity contribution < 1.29 is 14.3 Å². The van der Waals surface area contributed by atoms with Crippen LogP contribution < -0.4 is 15.0 Å². The quantitative estimate of drug-likeness (QED) is 0.934. The second-order valence-corrected chi connectivity index (χ2v) is 6.00. The summed E-state index contributed by atoms with van der Waals surface area (Å²) < 4.78 is 5.36. The van der Waals surface area contributed by atoms with Gasteiger partial charge in [0.05, 0.1) is 5.69 Å². The smallest absolute Gasteiger partial charge is 0.265 e. The van der Waals surface area contributed by atoms with E-state index in [1.165, 1.54) is 16.2 Å². The highest BCUT2D eigenvalue weighted by Crippen LogP contribution is 2.35. The maximum Gasteiger partial charge on any atom is 0.265 e. The van der Waals surface area contributed by atoms with Crippen LogP contribution in [0.25, 0.3) is 0 Å². The number of amides is 2. The number of rotatable bonds is 3. The van der Waals surface area contributed by atoms with E-state index in [0.717, 1.165) is 0 Å². The molecule has 0 bridgehead atoms. The van der Waals surface area contributed by atoms with Crippen molar-refractivity contribution >= 4 is 45.6 Å². The topological polar surface area (TPSA) is 71.5 Å². The molecule has 8 heteroatoms. The van der Waals surface area contributed by atoms with Gasteiger partial charge < -0.3 is 10.1 Å². The van der Waals surface area contributed by atoms with Crippen LogP contribution in [0.15, 0.2) is 29.8 Å². The van der Waals surface area contributed by atoms with Crippen molar-refractivity contribution in [3.05, 3.63) is 34.8 Å². The summed E-state index contributed by atoms with van der Waals surface area (Å²) in [5.74, 6) is -0.0921. The predicted molar refractivity (Wildman–Crippen MR) is 84.6 cm³/mol. The van der Waals surface area contributed by atoms with E-state index in [2.05, 4.69) is 10.3 Å². The third-order valence-corrected chi connectivity index (χ3v) is 4.15. The van der Waals surface area contributed by atoms with Crippen molar-refractivity contribution in [2.75, 3.05) is 16.8 Å². The van der Waals surface area contributed by atoms with Gasteiger partial charge >= 0.3 is 0 Å². The van der Waals surface area contributed by atoms with Crippen LogP contribution in [-0.2, 0) is 9.59 Å².